The van der Waals surface area contributed by atoms with Crippen molar-refractivity contribution in [2.45, 2.75) is 66.0 Å². The van der Waals surface area contributed by atoms with Gasteiger partial charge in [-0.15, -0.1) is 0 Å². The Kier molecular flexibility index (Phi) is 8.97. The Labute approximate surface area is 134 Å². The molecule has 1 heterocycles. The summed E-state index contributed by atoms with van der Waals surface area (Å²) in [4.78, 5) is 0. The number of rotatable bonds is 11. The van der Waals surface area contributed by atoms with E-state index in [0.29, 0.717) is 6.04 Å². The van der Waals surface area contributed by atoms with E-state index in [0.717, 1.165) is 68.4 Å². The molecule has 0 bridgehead atoms. The Morgan fingerprint density at radius 1 is 1.33 bits per heavy atom. The lowest BCUT2D eigenvalue weighted by Crippen LogP contribution is -2.33. The smallest absolute Gasteiger partial charge is 0.0847 e. The van der Waals surface area contributed by atoms with Crippen LogP contribution in [0.2, 0.25) is 5.02 Å². The summed E-state index contributed by atoms with van der Waals surface area (Å²) >= 11 is 6.42. The largest absolute Gasteiger partial charge is 0.382 e. The lowest BCUT2D eigenvalue weighted by Gasteiger charge is -2.19. The molecule has 0 amide bonds. The van der Waals surface area contributed by atoms with E-state index in [9.17, 15) is 0 Å². The highest BCUT2D eigenvalue weighted by atomic mass is 35.5. The molecule has 0 aliphatic rings. The molecule has 0 aliphatic carbocycles. The fraction of sp³-hybridized carbons (Fsp3) is 0.812. The molecular formula is C16H30ClN3O. The molecule has 0 aliphatic heterocycles. The number of halogens is 1. The van der Waals surface area contributed by atoms with Crippen molar-refractivity contribution in [2.24, 2.45) is 0 Å². The van der Waals surface area contributed by atoms with Crippen molar-refractivity contribution in [3.8, 4) is 0 Å². The number of aromatic nitrogens is 2. The summed E-state index contributed by atoms with van der Waals surface area (Å²) in [6, 6.07) is 0.435. The SMILES string of the molecule is CCCNC(CCCOCC)Cc1c(Cl)c(C)nn1CC. The highest BCUT2D eigenvalue weighted by Crippen LogP contribution is 2.22. The van der Waals surface area contributed by atoms with Gasteiger partial charge in [0, 0.05) is 32.2 Å². The number of ether oxygens (including phenoxy) is 1. The van der Waals surface area contributed by atoms with Crippen LogP contribution < -0.4 is 5.32 Å². The molecule has 1 rings (SSSR count). The van der Waals surface area contributed by atoms with Crippen molar-refractivity contribution in [3.05, 3.63) is 16.4 Å². The molecule has 1 atom stereocenters. The average molecular weight is 316 g/mol. The van der Waals surface area contributed by atoms with Gasteiger partial charge in [-0.2, -0.15) is 5.10 Å². The third-order valence-electron chi connectivity index (χ3n) is 3.62. The molecule has 0 saturated carbocycles. The van der Waals surface area contributed by atoms with Gasteiger partial charge >= 0.3 is 0 Å². The number of nitrogens with one attached hydrogen (secondary N) is 1. The number of nitrogens with zero attached hydrogens (tertiary/aromatic N) is 2. The minimum atomic E-state index is 0.435. The van der Waals surface area contributed by atoms with E-state index >= 15 is 0 Å². The number of aryl methyl sites for hydroxylation is 2. The first kappa shape index (κ1) is 18.5. The van der Waals surface area contributed by atoms with Crippen molar-refractivity contribution < 1.29 is 4.74 Å². The lowest BCUT2D eigenvalue weighted by atomic mass is 10.1. The van der Waals surface area contributed by atoms with Crippen LogP contribution in [0, 0.1) is 6.92 Å². The van der Waals surface area contributed by atoms with Gasteiger partial charge in [-0.25, -0.2) is 0 Å². The molecule has 5 heteroatoms. The zero-order valence-corrected chi connectivity index (χ0v) is 14.7. The van der Waals surface area contributed by atoms with Crippen LogP contribution in [-0.2, 0) is 17.7 Å². The van der Waals surface area contributed by atoms with Gasteiger partial charge in [0.05, 0.1) is 16.4 Å². The van der Waals surface area contributed by atoms with Crippen LogP contribution in [-0.4, -0.2) is 35.6 Å². The summed E-state index contributed by atoms with van der Waals surface area (Å²) in [6.45, 7) is 11.8. The summed E-state index contributed by atoms with van der Waals surface area (Å²) in [5.41, 5.74) is 2.08. The third-order valence-corrected chi connectivity index (χ3v) is 4.11. The fourth-order valence-corrected chi connectivity index (χ4v) is 2.71. The summed E-state index contributed by atoms with van der Waals surface area (Å²) < 4.78 is 7.47. The second kappa shape index (κ2) is 10.2. The van der Waals surface area contributed by atoms with Gasteiger partial charge in [-0.1, -0.05) is 18.5 Å². The molecule has 0 spiro atoms. The van der Waals surface area contributed by atoms with E-state index < -0.39 is 0 Å². The van der Waals surface area contributed by atoms with Gasteiger partial charge in [-0.05, 0) is 46.6 Å². The molecule has 1 aromatic rings. The first-order valence-electron chi connectivity index (χ1n) is 8.16. The molecule has 1 unspecified atom stereocenters. The minimum Gasteiger partial charge on any atom is -0.382 e. The van der Waals surface area contributed by atoms with Gasteiger partial charge in [-0.3, -0.25) is 4.68 Å². The maximum atomic E-state index is 6.42. The zero-order chi connectivity index (χ0) is 15.7. The number of hydrogen-bond acceptors (Lipinski definition) is 3. The van der Waals surface area contributed by atoms with E-state index in [-0.39, 0.29) is 0 Å². The van der Waals surface area contributed by atoms with Crippen LogP contribution in [0.5, 0.6) is 0 Å². The summed E-state index contributed by atoms with van der Waals surface area (Å²) in [5, 5.41) is 8.96. The predicted molar refractivity (Wildman–Crippen MR) is 89.2 cm³/mol. The van der Waals surface area contributed by atoms with Crippen LogP contribution in [0.15, 0.2) is 0 Å². The maximum Gasteiger partial charge on any atom is 0.0847 e. The average Bonchev–Trinajstić information content (AvgIpc) is 2.76. The molecule has 122 valence electrons. The van der Waals surface area contributed by atoms with Crippen molar-refractivity contribution in [3.63, 3.8) is 0 Å². The van der Waals surface area contributed by atoms with Crippen molar-refractivity contribution in [1.29, 1.82) is 0 Å². The summed E-state index contributed by atoms with van der Waals surface area (Å²) in [7, 11) is 0. The Balaban J connectivity index is 2.66. The van der Waals surface area contributed by atoms with E-state index in [1.807, 2.05) is 18.5 Å². The lowest BCUT2D eigenvalue weighted by molar-refractivity contribution is 0.140. The van der Waals surface area contributed by atoms with E-state index in [2.05, 4.69) is 24.3 Å². The molecule has 0 saturated heterocycles. The standard InChI is InChI=1S/C16H30ClN3O/c1-5-10-18-14(9-8-11-21-7-3)12-15-16(17)13(4)19-20(15)6-2/h14,18H,5-12H2,1-4H3. The van der Waals surface area contributed by atoms with Crippen molar-refractivity contribution >= 4 is 11.6 Å². The first-order chi connectivity index (χ1) is 10.1. The quantitative estimate of drug-likeness (QED) is 0.634. The van der Waals surface area contributed by atoms with Gasteiger partial charge in [0.2, 0.25) is 0 Å². The van der Waals surface area contributed by atoms with Crippen LogP contribution >= 0.6 is 11.6 Å². The van der Waals surface area contributed by atoms with Gasteiger partial charge in [0.25, 0.3) is 0 Å². The third kappa shape index (κ3) is 5.97. The van der Waals surface area contributed by atoms with Gasteiger partial charge in [0.1, 0.15) is 0 Å². The van der Waals surface area contributed by atoms with Crippen LogP contribution in [0.4, 0.5) is 0 Å². The van der Waals surface area contributed by atoms with Gasteiger partial charge < -0.3 is 10.1 Å². The molecule has 0 aromatic carbocycles. The topological polar surface area (TPSA) is 39.1 Å². The molecule has 4 nitrogen and oxygen atoms in total. The van der Waals surface area contributed by atoms with E-state index in [4.69, 9.17) is 16.3 Å². The van der Waals surface area contributed by atoms with Crippen molar-refractivity contribution in [1.82, 2.24) is 15.1 Å². The Hall–Kier alpha value is -0.580. The highest BCUT2D eigenvalue weighted by molar-refractivity contribution is 6.31. The zero-order valence-electron chi connectivity index (χ0n) is 13.9. The fourth-order valence-electron chi connectivity index (χ4n) is 2.50. The summed E-state index contributed by atoms with van der Waals surface area (Å²) in [5.74, 6) is 0. The summed E-state index contributed by atoms with van der Waals surface area (Å²) in [6.07, 6.45) is 4.25. The Bertz CT molecular complexity index is 406. The second-order valence-corrected chi connectivity index (χ2v) is 5.73. The normalized spacial score (nSPS) is 12.8. The highest BCUT2D eigenvalue weighted by Gasteiger charge is 2.17. The van der Waals surface area contributed by atoms with Crippen molar-refractivity contribution in [2.75, 3.05) is 19.8 Å². The maximum absolute atomic E-state index is 6.42. The molecule has 1 aromatic heterocycles. The monoisotopic (exact) mass is 315 g/mol. The molecule has 21 heavy (non-hydrogen) atoms. The molecule has 0 radical (unpaired) electrons. The number of hydrogen-bond donors (Lipinski definition) is 1. The predicted octanol–water partition coefficient (Wildman–Crippen LogP) is 3.59. The Morgan fingerprint density at radius 2 is 2.10 bits per heavy atom. The van der Waals surface area contributed by atoms with Crippen LogP contribution in [0.3, 0.4) is 0 Å². The van der Waals surface area contributed by atoms with Crippen LogP contribution in [0.1, 0.15) is 51.4 Å². The van der Waals surface area contributed by atoms with E-state index in [1.165, 1.54) is 0 Å². The molecule has 1 N–H and O–H groups in total. The Morgan fingerprint density at radius 3 is 2.71 bits per heavy atom. The van der Waals surface area contributed by atoms with Crippen LogP contribution in [0.25, 0.3) is 0 Å². The molecular weight excluding hydrogens is 286 g/mol. The minimum absolute atomic E-state index is 0.435. The second-order valence-electron chi connectivity index (χ2n) is 5.36. The van der Waals surface area contributed by atoms with E-state index in [1.54, 1.807) is 0 Å². The van der Waals surface area contributed by atoms with Gasteiger partial charge in [0.15, 0.2) is 0 Å². The first-order valence-corrected chi connectivity index (χ1v) is 8.54. The molecule has 0 fully saturated rings.